The number of hydrogen-bond donors (Lipinski definition) is 1. The number of halogens is 1. The molecule has 0 spiro atoms. The second-order valence-electron chi connectivity index (χ2n) is 4.47. The smallest absolute Gasteiger partial charge is 0.252 e. The molecule has 19 heavy (non-hydrogen) atoms. The third-order valence-electron chi connectivity index (χ3n) is 2.80. The molecule has 2 rings (SSSR count). The Balaban J connectivity index is 1.92. The number of nitrogens with one attached hydrogen (secondary N) is 1. The molecule has 0 fully saturated rings. The number of nitrogens with zero attached hydrogens (tertiary/aromatic N) is 2. The van der Waals surface area contributed by atoms with Gasteiger partial charge in [-0.15, -0.1) is 0 Å². The minimum atomic E-state index is -0.0634. The number of benzene rings is 1. The van der Waals surface area contributed by atoms with E-state index >= 15 is 0 Å². The standard InChI is InChI=1S/C14H16BrN3O/c1-10-3-4-13(15)12(9-10)14(19)16-7-5-11-6-8-18(2)17-11/h3-4,6,8-9H,5,7H2,1-2H3,(H,16,19). The van der Waals surface area contributed by atoms with E-state index in [1.54, 1.807) is 4.68 Å². The lowest BCUT2D eigenvalue weighted by Crippen LogP contribution is -2.26. The molecule has 0 aliphatic heterocycles. The average Bonchev–Trinajstić information content (AvgIpc) is 2.78. The van der Waals surface area contributed by atoms with Crippen LogP contribution in [0.15, 0.2) is 34.9 Å². The van der Waals surface area contributed by atoms with E-state index in [1.807, 2.05) is 44.4 Å². The Morgan fingerprint density at radius 1 is 1.42 bits per heavy atom. The van der Waals surface area contributed by atoms with Crippen LogP contribution in [0.2, 0.25) is 0 Å². The van der Waals surface area contributed by atoms with Gasteiger partial charge in [0.25, 0.3) is 5.91 Å². The molecular formula is C14H16BrN3O. The lowest BCUT2D eigenvalue weighted by Gasteiger charge is -2.07. The molecule has 0 bridgehead atoms. The molecule has 100 valence electrons. The van der Waals surface area contributed by atoms with Crippen molar-refractivity contribution in [1.29, 1.82) is 0 Å². The number of amides is 1. The number of carbonyl (C=O) groups excluding carboxylic acids is 1. The number of hydrogen-bond acceptors (Lipinski definition) is 2. The monoisotopic (exact) mass is 321 g/mol. The van der Waals surface area contributed by atoms with E-state index < -0.39 is 0 Å². The van der Waals surface area contributed by atoms with Crippen LogP contribution in [0.4, 0.5) is 0 Å². The second-order valence-corrected chi connectivity index (χ2v) is 5.32. The number of aromatic nitrogens is 2. The van der Waals surface area contributed by atoms with Crippen LogP contribution in [0.25, 0.3) is 0 Å². The van der Waals surface area contributed by atoms with Crippen molar-refractivity contribution in [3.8, 4) is 0 Å². The van der Waals surface area contributed by atoms with E-state index in [9.17, 15) is 4.79 Å². The number of carbonyl (C=O) groups is 1. The summed E-state index contributed by atoms with van der Waals surface area (Å²) in [5, 5.41) is 7.17. The molecule has 0 unspecified atom stereocenters. The summed E-state index contributed by atoms with van der Waals surface area (Å²) < 4.78 is 2.57. The largest absolute Gasteiger partial charge is 0.352 e. The highest BCUT2D eigenvalue weighted by atomic mass is 79.9. The molecule has 0 aliphatic rings. The van der Waals surface area contributed by atoms with Gasteiger partial charge in [0.15, 0.2) is 0 Å². The van der Waals surface area contributed by atoms with Gasteiger partial charge in [-0.1, -0.05) is 11.6 Å². The van der Waals surface area contributed by atoms with Gasteiger partial charge in [0.2, 0.25) is 0 Å². The molecule has 0 saturated carbocycles. The summed E-state index contributed by atoms with van der Waals surface area (Å²) in [4.78, 5) is 12.0. The van der Waals surface area contributed by atoms with Gasteiger partial charge in [-0.25, -0.2) is 0 Å². The quantitative estimate of drug-likeness (QED) is 0.940. The van der Waals surface area contributed by atoms with Crippen LogP contribution in [0.5, 0.6) is 0 Å². The average molecular weight is 322 g/mol. The molecule has 1 aromatic carbocycles. The maximum absolute atomic E-state index is 12.0. The molecule has 0 aliphatic carbocycles. The second kappa shape index (κ2) is 6.02. The van der Waals surface area contributed by atoms with Crippen LogP contribution < -0.4 is 5.32 Å². The zero-order chi connectivity index (χ0) is 13.8. The summed E-state index contributed by atoms with van der Waals surface area (Å²) in [7, 11) is 1.88. The molecule has 1 aromatic heterocycles. The first-order chi connectivity index (χ1) is 9.06. The Bertz CT molecular complexity index is 592. The van der Waals surface area contributed by atoms with Gasteiger partial charge in [0.05, 0.1) is 11.3 Å². The minimum Gasteiger partial charge on any atom is -0.352 e. The van der Waals surface area contributed by atoms with Crippen molar-refractivity contribution in [2.75, 3.05) is 6.54 Å². The maximum atomic E-state index is 12.0. The molecule has 5 heteroatoms. The Hall–Kier alpha value is -1.62. The first-order valence-electron chi connectivity index (χ1n) is 6.09. The predicted molar refractivity (Wildman–Crippen MR) is 78.1 cm³/mol. The van der Waals surface area contributed by atoms with Crippen LogP contribution in [0.1, 0.15) is 21.6 Å². The van der Waals surface area contributed by atoms with Crippen LogP contribution in [-0.4, -0.2) is 22.2 Å². The van der Waals surface area contributed by atoms with E-state index in [-0.39, 0.29) is 5.91 Å². The van der Waals surface area contributed by atoms with E-state index in [1.165, 1.54) is 0 Å². The Kier molecular flexibility index (Phi) is 4.37. The molecule has 4 nitrogen and oxygen atoms in total. The Labute approximate surface area is 120 Å². The van der Waals surface area contributed by atoms with Gasteiger partial charge in [0.1, 0.15) is 0 Å². The molecule has 1 heterocycles. The maximum Gasteiger partial charge on any atom is 0.252 e. The van der Waals surface area contributed by atoms with Gasteiger partial charge in [-0.3, -0.25) is 9.48 Å². The summed E-state index contributed by atoms with van der Waals surface area (Å²) in [5.41, 5.74) is 2.71. The summed E-state index contributed by atoms with van der Waals surface area (Å²) in [6.07, 6.45) is 2.63. The van der Waals surface area contributed by atoms with E-state index in [2.05, 4.69) is 26.3 Å². The van der Waals surface area contributed by atoms with Crippen LogP contribution in [-0.2, 0) is 13.5 Å². The highest BCUT2D eigenvalue weighted by molar-refractivity contribution is 9.10. The molecule has 1 N–H and O–H groups in total. The fraction of sp³-hybridized carbons (Fsp3) is 0.286. The fourth-order valence-electron chi connectivity index (χ4n) is 1.81. The van der Waals surface area contributed by atoms with Crippen molar-refractivity contribution in [3.05, 3.63) is 51.8 Å². The molecule has 0 radical (unpaired) electrons. The van der Waals surface area contributed by atoms with Gasteiger partial charge in [-0.2, -0.15) is 5.10 Å². The van der Waals surface area contributed by atoms with E-state index in [0.29, 0.717) is 12.1 Å². The van der Waals surface area contributed by atoms with E-state index in [4.69, 9.17) is 0 Å². The third-order valence-corrected chi connectivity index (χ3v) is 3.49. The normalized spacial score (nSPS) is 10.5. The molecule has 0 atom stereocenters. The molecule has 0 saturated heterocycles. The Morgan fingerprint density at radius 2 is 2.21 bits per heavy atom. The van der Waals surface area contributed by atoms with Gasteiger partial charge >= 0.3 is 0 Å². The first kappa shape index (κ1) is 13.8. The topological polar surface area (TPSA) is 46.9 Å². The van der Waals surface area contributed by atoms with Gasteiger partial charge in [0, 0.05) is 30.7 Å². The zero-order valence-corrected chi connectivity index (χ0v) is 12.6. The molecule has 2 aromatic rings. The third kappa shape index (κ3) is 3.67. The van der Waals surface area contributed by atoms with Gasteiger partial charge < -0.3 is 5.32 Å². The lowest BCUT2D eigenvalue weighted by molar-refractivity contribution is 0.0953. The Morgan fingerprint density at radius 3 is 2.89 bits per heavy atom. The van der Waals surface area contributed by atoms with Crippen molar-refractivity contribution < 1.29 is 4.79 Å². The SMILES string of the molecule is Cc1ccc(Br)c(C(=O)NCCc2ccn(C)n2)c1. The summed E-state index contributed by atoms with van der Waals surface area (Å²) in [5.74, 6) is -0.0634. The van der Waals surface area contributed by atoms with Crippen LogP contribution in [0, 0.1) is 6.92 Å². The minimum absolute atomic E-state index is 0.0634. The number of aryl methyl sites for hydroxylation is 2. The number of rotatable bonds is 4. The van der Waals surface area contributed by atoms with Crippen molar-refractivity contribution in [3.63, 3.8) is 0 Å². The molecule has 1 amide bonds. The van der Waals surface area contributed by atoms with Crippen molar-refractivity contribution >= 4 is 21.8 Å². The zero-order valence-electron chi connectivity index (χ0n) is 11.0. The molecular weight excluding hydrogens is 306 g/mol. The predicted octanol–water partition coefficient (Wildman–Crippen LogP) is 2.46. The van der Waals surface area contributed by atoms with Crippen molar-refractivity contribution in [1.82, 2.24) is 15.1 Å². The van der Waals surface area contributed by atoms with Crippen LogP contribution in [0.3, 0.4) is 0 Å². The summed E-state index contributed by atoms with van der Waals surface area (Å²) in [6.45, 7) is 2.55. The van der Waals surface area contributed by atoms with E-state index in [0.717, 1.165) is 22.2 Å². The highest BCUT2D eigenvalue weighted by Gasteiger charge is 2.09. The summed E-state index contributed by atoms with van der Waals surface area (Å²) >= 11 is 3.39. The van der Waals surface area contributed by atoms with Crippen LogP contribution >= 0.6 is 15.9 Å². The summed E-state index contributed by atoms with van der Waals surface area (Å²) in [6, 6.07) is 7.69. The first-order valence-corrected chi connectivity index (χ1v) is 6.88. The van der Waals surface area contributed by atoms with Crippen molar-refractivity contribution in [2.24, 2.45) is 7.05 Å². The highest BCUT2D eigenvalue weighted by Crippen LogP contribution is 2.17. The van der Waals surface area contributed by atoms with Gasteiger partial charge in [-0.05, 0) is 41.1 Å². The van der Waals surface area contributed by atoms with Crippen molar-refractivity contribution in [2.45, 2.75) is 13.3 Å². The lowest BCUT2D eigenvalue weighted by atomic mass is 10.1. The fourth-order valence-corrected chi connectivity index (χ4v) is 2.24.